The largest absolute Gasteiger partial charge is 0.425 e. The SMILES string of the molecule is CCCC(=O)Oc1ccc(Cl)cc1Br. The van der Waals surface area contributed by atoms with Gasteiger partial charge in [0.1, 0.15) is 5.75 Å². The van der Waals surface area contributed by atoms with Crippen LogP contribution in [0.15, 0.2) is 22.7 Å². The van der Waals surface area contributed by atoms with Crippen molar-refractivity contribution in [3.63, 3.8) is 0 Å². The maximum Gasteiger partial charge on any atom is 0.311 e. The van der Waals surface area contributed by atoms with Gasteiger partial charge in [-0.3, -0.25) is 4.79 Å². The highest BCUT2D eigenvalue weighted by Gasteiger charge is 2.06. The molecule has 76 valence electrons. The first-order valence-corrected chi connectivity index (χ1v) is 5.46. The third-order valence-electron chi connectivity index (χ3n) is 1.57. The summed E-state index contributed by atoms with van der Waals surface area (Å²) in [5.74, 6) is 0.281. The smallest absolute Gasteiger partial charge is 0.311 e. The van der Waals surface area contributed by atoms with Gasteiger partial charge in [0, 0.05) is 11.4 Å². The summed E-state index contributed by atoms with van der Waals surface area (Å²) in [6.45, 7) is 1.93. The Morgan fingerprint density at radius 3 is 2.86 bits per heavy atom. The molecule has 0 spiro atoms. The van der Waals surface area contributed by atoms with Crippen LogP contribution in [0.2, 0.25) is 5.02 Å². The van der Waals surface area contributed by atoms with Crippen LogP contribution < -0.4 is 4.74 Å². The Bertz CT molecular complexity index is 339. The second-order valence-electron chi connectivity index (χ2n) is 2.80. The Kier molecular flexibility index (Phi) is 4.42. The molecule has 0 atom stereocenters. The summed E-state index contributed by atoms with van der Waals surface area (Å²) in [7, 11) is 0. The average molecular weight is 278 g/mol. The molecule has 0 N–H and O–H groups in total. The van der Waals surface area contributed by atoms with Crippen LogP contribution in [-0.4, -0.2) is 5.97 Å². The summed E-state index contributed by atoms with van der Waals surface area (Å²) < 4.78 is 5.79. The van der Waals surface area contributed by atoms with Crippen molar-refractivity contribution in [2.45, 2.75) is 19.8 Å². The zero-order chi connectivity index (χ0) is 10.6. The topological polar surface area (TPSA) is 26.3 Å². The predicted octanol–water partition coefficient (Wildman–Crippen LogP) is 3.81. The van der Waals surface area contributed by atoms with Gasteiger partial charge in [-0.15, -0.1) is 0 Å². The molecule has 0 saturated heterocycles. The molecule has 0 aliphatic rings. The summed E-state index contributed by atoms with van der Waals surface area (Å²) in [4.78, 5) is 11.2. The van der Waals surface area contributed by atoms with Crippen LogP contribution in [0.3, 0.4) is 0 Å². The fourth-order valence-corrected chi connectivity index (χ4v) is 1.70. The maximum absolute atomic E-state index is 11.2. The predicted molar refractivity (Wildman–Crippen MR) is 59.7 cm³/mol. The van der Waals surface area contributed by atoms with Crippen LogP contribution >= 0.6 is 27.5 Å². The minimum Gasteiger partial charge on any atom is -0.425 e. The third kappa shape index (κ3) is 3.31. The van der Waals surface area contributed by atoms with Gasteiger partial charge < -0.3 is 4.74 Å². The lowest BCUT2D eigenvalue weighted by Gasteiger charge is -2.05. The minimum absolute atomic E-state index is 0.226. The molecular weight excluding hydrogens is 267 g/mol. The van der Waals surface area contributed by atoms with E-state index in [-0.39, 0.29) is 5.97 Å². The fraction of sp³-hybridized carbons (Fsp3) is 0.300. The summed E-state index contributed by atoms with van der Waals surface area (Å²) in [6, 6.07) is 5.04. The van der Waals surface area contributed by atoms with Crippen LogP contribution in [0, 0.1) is 0 Å². The average Bonchev–Trinajstić information content (AvgIpc) is 2.10. The van der Waals surface area contributed by atoms with Crippen LogP contribution in [0.1, 0.15) is 19.8 Å². The number of esters is 1. The lowest BCUT2D eigenvalue weighted by atomic mass is 10.3. The molecule has 0 unspecified atom stereocenters. The molecule has 0 saturated carbocycles. The first kappa shape index (κ1) is 11.5. The molecule has 0 fully saturated rings. The molecule has 0 amide bonds. The van der Waals surface area contributed by atoms with Crippen molar-refractivity contribution in [1.29, 1.82) is 0 Å². The molecule has 0 aromatic heterocycles. The molecule has 14 heavy (non-hydrogen) atoms. The molecule has 0 aliphatic heterocycles. The number of hydrogen-bond donors (Lipinski definition) is 0. The Balaban J connectivity index is 2.72. The minimum atomic E-state index is -0.226. The van der Waals surface area contributed by atoms with Gasteiger partial charge in [0.2, 0.25) is 0 Å². The van der Waals surface area contributed by atoms with Crippen LogP contribution in [0.5, 0.6) is 5.75 Å². The van der Waals surface area contributed by atoms with E-state index < -0.39 is 0 Å². The molecule has 0 radical (unpaired) electrons. The van der Waals surface area contributed by atoms with Gasteiger partial charge in [0.15, 0.2) is 0 Å². The quantitative estimate of drug-likeness (QED) is 0.620. The Hall–Kier alpha value is -0.540. The fourth-order valence-electron chi connectivity index (χ4n) is 0.936. The monoisotopic (exact) mass is 276 g/mol. The lowest BCUT2D eigenvalue weighted by Crippen LogP contribution is -2.07. The van der Waals surface area contributed by atoms with Gasteiger partial charge in [-0.05, 0) is 40.5 Å². The number of benzene rings is 1. The standard InChI is InChI=1S/C10H10BrClO2/c1-2-3-10(13)14-9-5-4-7(12)6-8(9)11/h4-6H,2-3H2,1H3. The molecule has 0 aliphatic carbocycles. The highest BCUT2D eigenvalue weighted by Crippen LogP contribution is 2.28. The van der Waals surface area contributed by atoms with E-state index in [2.05, 4.69) is 15.9 Å². The maximum atomic E-state index is 11.2. The van der Waals surface area contributed by atoms with E-state index in [0.29, 0.717) is 21.7 Å². The third-order valence-corrected chi connectivity index (χ3v) is 2.43. The highest BCUT2D eigenvalue weighted by atomic mass is 79.9. The van der Waals surface area contributed by atoms with Crippen LogP contribution in [-0.2, 0) is 4.79 Å². The van der Waals surface area contributed by atoms with Crippen molar-refractivity contribution in [3.8, 4) is 5.75 Å². The van der Waals surface area contributed by atoms with Crippen molar-refractivity contribution >= 4 is 33.5 Å². The van der Waals surface area contributed by atoms with E-state index in [9.17, 15) is 4.79 Å². The first-order valence-electron chi connectivity index (χ1n) is 4.29. The molecule has 0 bridgehead atoms. The molecule has 1 aromatic rings. The zero-order valence-electron chi connectivity index (χ0n) is 7.72. The van der Waals surface area contributed by atoms with Crippen molar-refractivity contribution in [1.82, 2.24) is 0 Å². The second kappa shape index (κ2) is 5.37. The summed E-state index contributed by atoms with van der Waals surface area (Å²) in [5, 5.41) is 0.604. The van der Waals surface area contributed by atoms with Crippen LogP contribution in [0.25, 0.3) is 0 Å². The molecule has 1 aromatic carbocycles. The second-order valence-corrected chi connectivity index (χ2v) is 4.09. The Morgan fingerprint density at radius 2 is 2.29 bits per heavy atom. The molecular formula is C10H10BrClO2. The first-order chi connectivity index (χ1) is 6.63. The van der Waals surface area contributed by atoms with E-state index in [4.69, 9.17) is 16.3 Å². The number of carbonyl (C=O) groups excluding carboxylic acids is 1. The van der Waals surface area contributed by atoms with Gasteiger partial charge in [0.25, 0.3) is 0 Å². The van der Waals surface area contributed by atoms with Gasteiger partial charge >= 0.3 is 5.97 Å². The molecule has 4 heteroatoms. The number of hydrogen-bond acceptors (Lipinski definition) is 2. The molecule has 2 nitrogen and oxygen atoms in total. The Labute approximate surface area is 96.3 Å². The number of halogens is 2. The van der Waals surface area contributed by atoms with Crippen molar-refractivity contribution in [3.05, 3.63) is 27.7 Å². The molecule has 0 heterocycles. The Morgan fingerprint density at radius 1 is 1.57 bits per heavy atom. The van der Waals surface area contributed by atoms with E-state index in [1.807, 2.05) is 6.92 Å². The van der Waals surface area contributed by atoms with Gasteiger partial charge in [0.05, 0.1) is 4.47 Å². The summed E-state index contributed by atoms with van der Waals surface area (Å²) in [6.07, 6.45) is 1.21. The van der Waals surface area contributed by atoms with Crippen molar-refractivity contribution in [2.24, 2.45) is 0 Å². The van der Waals surface area contributed by atoms with Gasteiger partial charge in [-0.2, -0.15) is 0 Å². The van der Waals surface area contributed by atoms with Gasteiger partial charge in [-0.1, -0.05) is 18.5 Å². The normalized spacial score (nSPS) is 9.93. The number of carbonyl (C=O) groups is 1. The lowest BCUT2D eigenvalue weighted by molar-refractivity contribution is -0.134. The van der Waals surface area contributed by atoms with E-state index in [1.165, 1.54) is 0 Å². The molecule has 1 rings (SSSR count). The van der Waals surface area contributed by atoms with Gasteiger partial charge in [-0.25, -0.2) is 0 Å². The van der Waals surface area contributed by atoms with E-state index in [1.54, 1.807) is 18.2 Å². The van der Waals surface area contributed by atoms with E-state index >= 15 is 0 Å². The number of ether oxygens (including phenoxy) is 1. The van der Waals surface area contributed by atoms with Crippen LogP contribution in [0.4, 0.5) is 0 Å². The summed E-state index contributed by atoms with van der Waals surface area (Å²) >= 11 is 9.01. The van der Waals surface area contributed by atoms with Crippen molar-refractivity contribution < 1.29 is 9.53 Å². The number of rotatable bonds is 3. The zero-order valence-corrected chi connectivity index (χ0v) is 10.1. The highest BCUT2D eigenvalue weighted by molar-refractivity contribution is 9.10. The van der Waals surface area contributed by atoms with Crippen molar-refractivity contribution in [2.75, 3.05) is 0 Å². The summed E-state index contributed by atoms with van der Waals surface area (Å²) in [5.41, 5.74) is 0. The van der Waals surface area contributed by atoms with E-state index in [0.717, 1.165) is 6.42 Å².